The molecule has 1 heterocycles. The van der Waals surface area contributed by atoms with Crippen LogP contribution in [0.25, 0.3) is 0 Å². The molecule has 8 heteroatoms. The molecule has 1 aromatic heterocycles. The maximum Gasteiger partial charge on any atom is 0.323 e. The van der Waals surface area contributed by atoms with Crippen molar-refractivity contribution >= 4 is 11.9 Å². The summed E-state index contributed by atoms with van der Waals surface area (Å²) in [5.74, 6) is 5.92. The van der Waals surface area contributed by atoms with E-state index in [1.165, 1.54) is 0 Å². The van der Waals surface area contributed by atoms with Gasteiger partial charge in [0.25, 0.3) is 0 Å². The van der Waals surface area contributed by atoms with E-state index in [-0.39, 0.29) is 30.7 Å². The van der Waals surface area contributed by atoms with Crippen molar-refractivity contribution in [1.29, 1.82) is 0 Å². The van der Waals surface area contributed by atoms with Gasteiger partial charge in [0.1, 0.15) is 0 Å². The fourth-order valence-electron chi connectivity index (χ4n) is 1.47. The van der Waals surface area contributed by atoms with E-state index < -0.39 is 0 Å². The van der Waals surface area contributed by atoms with Crippen LogP contribution in [0.4, 0.5) is 11.9 Å². The number of aliphatic hydroxyl groups is 1. The predicted octanol–water partition coefficient (Wildman–Crippen LogP) is 0.517. The highest BCUT2D eigenvalue weighted by Crippen LogP contribution is 2.14. The van der Waals surface area contributed by atoms with Gasteiger partial charge in [0.15, 0.2) is 0 Å². The minimum Gasteiger partial charge on any atom is -0.461 e. The molecule has 0 amide bonds. The van der Waals surface area contributed by atoms with Gasteiger partial charge in [-0.2, -0.15) is 15.0 Å². The Balaban J connectivity index is 2.86. The largest absolute Gasteiger partial charge is 0.461 e. The molecule has 0 saturated heterocycles. The number of anilines is 2. The summed E-state index contributed by atoms with van der Waals surface area (Å²) >= 11 is 0. The van der Waals surface area contributed by atoms with Crippen molar-refractivity contribution in [3.63, 3.8) is 0 Å². The maximum absolute atomic E-state index is 8.97. The minimum absolute atomic E-state index is 0.0414. The number of rotatable bonds is 8. The van der Waals surface area contributed by atoms with Crippen LogP contribution in [0.1, 0.15) is 33.6 Å². The molecule has 1 unspecified atom stereocenters. The molecule has 0 spiro atoms. The molecule has 19 heavy (non-hydrogen) atoms. The Morgan fingerprint density at radius 3 is 2.47 bits per heavy atom. The number of hydrogen-bond acceptors (Lipinski definition) is 8. The van der Waals surface area contributed by atoms with Gasteiger partial charge in [0.05, 0.1) is 6.10 Å². The molecule has 108 valence electrons. The molecule has 8 nitrogen and oxygen atoms in total. The highest BCUT2D eigenvalue weighted by atomic mass is 16.5. The van der Waals surface area contributed by atoms with Crippen molar-refractivity contribution in [1.82, 2.24) is 15.0 Å². The quantitative estimate of drug-likeness (QED) is 0.399. The third kappa shape index (κ3) is 5.23. The first kappa shape index (κ1) is 15.4. The molecule has 0 aliphatic rings. The van der Waals surface area contributed by atoms with Gasteiger partial charge >= 0.3 is 6.01 Å². The second-order valence-electron chi connectivity index (χ2n) is 4.34. The highest BCUT2D eigenvalue weighted by molar-refractivity contribution is 5.35. The first-order chi connectivity index (χ1) is 9.08. The average Bonchev–Trinajstić information content (AvgIpc) is 2.37. The number of aliphatic hydroxyl groups excluding tert-OH is 1. The molecule has 0 bridgehead atoms. The standard InChI is InChI=1S/C11H22N6O2/c1-4-8(5-6-18)13-9-14-10(17-12)16-11(15-9)19-7(2)3/h7-8,18H,4-6,12H2,1-3H3,(H2,13,14,15,16,17). The third-order valence-electron chi connectivity index (χ3n) is 2.39. The number of nitrogens with two attached hydrogens (primary N) is 1. The number of hydrogen-bond donors (Lipinski definition) is 4. The molecule has 5 N–H and O–H groups in total. The van der Waals surface area contributed by atoms with Crippen molar-refractivity contribution in [2.24, 2.45) is 5.84 Å². The number of hydrazine groups is 1. The van der Waals surface area contributed by atoms with Crippen LogP contribution < -0.4 is 21.3 Å². The van der Waals surface area contributed by atoms with Crippen molar-refractivity contribution in [3.05, 3.63) is 0 Å². The normalized spacial score (nSPS) is 12.3. The number of ether oxygens (including phenoxy) is 1. The van der Waals surface area contributed by atoms with Crippen molar-refractivity contribution in [2.75, 3.05) is 17.3 Å². The second kappa shape index (κ2) is 7.70. The Kier molecular flexibility index (Phi) is 6.23. The zero-order chi connectivity index (χ0) is 14.3. The van der Waals surface area contributed by atoms with Gasteiger partial charge in [-0.3, -0.25) is 5.43 Å². The first-order valence-corrected chi connectivity index (χ1v) is 6.35. The summed E-state index contributed by atoms with van der Waals surface area (Å²) < 4.78 is 5.43. The van der Waals surface area contributed by atoms with Crippen molar-refractivity contribution in [2.45, 2.75) is 45.8 Å². The van der Waals surface area contributed by atoms with Crippen LogP contribution in [-0.4, -0.2) is 38.8 Å². The van der Waals surface area contributed by atoms with Gasteiger partial charge in [0.2, 0.25) is 11.9 Å². The summed E-state index contributed by atoms with van der Waals surface area (Å²) in [6, 6.07) is 0.296. The number of nitrogen functional groups attached to an aromatic ring is 1. The van der Waals surface area contributed by atoms with E-state index in [0.29, 0.717) is 12.4 Å². The summed E-state index contributed by atoms with van der Waals surface area (Å²) in [5, 5.41) is 12.1. The number of nitrogens with zero attached hydrogens (tertiary/aromatic N) is 3. The van der Waals surface area contributed by atoms with E-state index in [4.69, 9.17) is 15.7 Å². The first-order valence-electron chi connectivity index (χ1n) is 6.35. The molecule has 0 radical (unpaired) electrons. The topological polar surface area (TPSA) is 118 Å². The Bertz CT molecular complexity index is 387. The van der Waals surface area contributed by atoms with Crippen LogP contribution >= 0.6 is 0 Å². The Hall–Kier alpha value is -1.67. The Labute approximate surface area is 112 Å². The SMILES string of the molecule is CCC(CCO)Nc1nc(NN)nc(OC(C)C)n1. The maximum atomic E-state index is 8.97. The zero-order valence-electron chi connectivity index (χ0n) is 11.6. The van der Waals surface area contributed by atoms with Crippen molar-refractivity contribution in [3.8, 4) is 6.01 Å². The summed E-state index contributed by atoms with van der Waals surface area (Å²) in [6.45, 7) is 5.89. The number of aromatic nitrogens is 3. The Morgan fingerprint density at radius 1 is 1.26 bits per heavy atom. The van der Waals surface area contributed by atoms with E-state index in [1.807, 2.05) is 20.8 Å². The van der Waals surface area contributed by atoms with E-state index in [9.17, 15) is 0 Å². The highest BCUT2D eigenvalue weighted by Gasteiger charge is 2.12. The van der Waals surface area contributed by atoms with Gasteiger partial charge in [-0.15, -0.1) is 0 Å². The van der Waals surface area contributed by atoms with Gasteiger partial charge in [-0.25, -0.2) is 5.84 Å². The van der Waals surface area contributed by atoms with Crippen LogP contribution in [0.5, 0.6) is 6.01 Å². The molecular weight excluding hydrogens is 248 g/mol. The van der Waals surface area contributed by atoms with E-state index in [0.717, 1.165) is 6.42 Å². The lowest BCUT2D eigenvalue weighted by Gasteiger charge is -2.16. The third-order valence-corrected chi connectivity index (χ3v) is 2.39. The average molecular weight is 270 g/mol. The fraction of sp³-hybridized carbons (Fsp3) is 0.727. The molecule has 1 aromatic rings. The van der Waals surface area contributed by atoms with E-state index in [2.05, 4.69) is 25.7 Å². The molecule has 1 rings (SSSR count). The van der Waals surface area contributed by atoms with E-state index in [1.54, 1.807) is 0 Å². The van der Waals surface area contributed by atoms with Crippen LogP contribution in [0.3, 0.4) is 0 Å². The lowest BCUT2D eigenvalue weighted by atomic mass is 10.2. The smallest absolute Gasteiger partial charge is 0.323 e. The molecule has 0 saturated carbocycles. The van der Waals surface area contributed by atoms with Crippen LogP contribution in [0, 0.1) is 0 Å². The summed E-state index contributed by atoms with van der Waals surface area (Å²) in [4.78, 5) is 12.3. The molecule has 0 fully saturated rings. The second-order valence-corrected chi connectivity index (χ2v) is 4.34. The summed E-state index contributed by atoms with van der Waals surface area (Å²) in [7, 11) is 0. The van der Waals surface area contributed by atoms with Crippen molar-refractivity contribution < 1.29 is 9.84 Å². The van der Waals surface area contributed by atoms with Crippen LogP contribution in [-0.2, 0) is 0 Å². The fourth-order valence-corrected chi connectivity index (χ4v) is 1.47. The van der Waals surface area contributed by atoms with Crippen LogP contribution in [0.15, 0.2) is 0 Å². The lowest BCUT2D eigenvalue weighted by Crippen LogP contribution is -2.23. The molecular formula is C11H22N6O2. The summed E-state index contributed by atoms with van der Waals surface area (Å²) in [5.41, 5.74) is 2.37. The lowest BCUT2D eigenvalue weighted by molar-refractivity contribution is 0.222. The van der Waals surface area contributed by atoms with Gasteiger partial charge < -0.3 is 15.2 Å². The van der Waals surface area contributed by atoms with Gasteiger partial charge in [-0.1, -0.05) is 6.92 Å². The molecule has 1 atom stereocenters. The Morgan fingerprint density at radius 2 is 1.95 bits per heavy atom. The summed E-state index contributed by atoms with van der Waals surface area (Å²) in [6.07, 6.45) is 1.42. The zero-order valence-corrected chi connectivity index (χ0v) is 11.6. The monoisotopic (exact) mass is 270 g/mol. The molecule has 0 aromatic carbocycles. The molecule has 0 aliphatic carbocycles. The number of nitrogens with one attached hydrogen (secondary N) is 2. The van der Waals surface area contributed by atoms with Gasteiger partial charge in [0, 0.05) is 12.6 Å². The minimum atomic E-state index is -0.0414. The predicted molar refractivity (Wildman–Crippen MR) is 72.8 cm³/mol. The van der Waals surface area contributed by atoms with E-state index >= 15 is 0 Å². The van der Waals surface area contributed by atoms with Gasteiger partial charge in [-0.05, 0) is 26.7 Å². The van der Waals surface area contributed by atoms with Crippen LogP contribution in [0.2, 0.25) is 0 Å². The molecule has 0 aliphatic heterocycles.